The Hall–Kier alpha value is -1.13. The molecule has 0 spiro atoms. The predicted octanol–water partition coefficient (Wildman–Crippen LogP) is 2.13. The molecule has 0 aliphatic rings. The summed E-state index contributed by atoms with van der Waals surface area (Å²) in [6.45, 7) is 0. The van der Waals surface area contributed by atoms with Crippen molar-refractivity contribution >= 4 is 38.0 Å². The molecular formula is C12H10Si2. The fourth-order valence-electron chi connectivity index (χ4n) is 1.95. The molecule has 1 aromatic heterocycles. The standard InChI is InChI=1S/C12H10Si2/c1-3-7-11-9(5-1)10-6-2-4-8-12(10)14-13-11/h1-8,13-14H. The molecule has 0 N–H and O–H groups in total. The van der Waals surface area contributed by atoms with Gasteiger partial charge in [0, 0.05) is 17.2 Å². The molecule has 14 heavy (non-hydrogen) atoms. The summed E-state index contributed by atoms with van der Waals surface area (Å²) in [5.41, 5.74) is 0. The van der Waals surface area contributed by atoms with Crippen LogP contribution in [0, 0.1) is 0 Å². The van der Waals surface area contributed by atoms with Gasteiger partial charge in [-0.25, -0.2) is 0 Å². The molecule has 3 rings (SSSR count). The lowest BCUT2D eigenvalue weighted by atomic mass is 10.1. The first-order valence-electron chi connectivity index (χ1n) is 4.82. The summed E-state index contributed by atoms with van der Waals surface area (Å²) < 4.78 is 0. The van der Waals surface area contributed by atoms with Crippen molar-refractivity contribution in [3.8, 4) is 0 Å². The molecular weight excluding hydrogens is 200 g/mol. The Balaban J connectivity index is 2.61. The average Bonchev–Trinajstić information content (AvgIpc) is 2.29. The van der Waals surface area contributed by atoms with Crippen LogP contribution in [0.4, 0.5) is 0 Å². The lowest BCUT2D eigenvalue weighted by Crippen LogP contribution is -1.87. The molecule has 2 heteroatoms. The summed E-state index contributed by atoms with van der Waals surface area (Å²) in [5, 5.41) is 2.97. The Morgan fingerprint density at radius 3 is 1.50 bits per heavy atom. The van der Waals surface area contributed by atoms with E-state index in [9.17, 15) is 0 Å². The van der Waals surface area contributed by atoms with Gasteiger partial charge < -0.3 is 0 Å². The van der Waals surface area contributed by atoms with Crippen LogP contribution in [0.1, 0.15) is 0 Å². The summed E-state index contributed by atoms with van der Waals surface area (Å²) in [6, 6.07) is 17.8. The van der Waals surface area contributed by atoms with Crippen molar-refractivity contribution in [1.82, 2.24) is 0 Å². The van der Waals surface area contributed by atoms with Crippen LogP contribution in [0.5, 0.6) is 0 Å². The van der Waals surface area contributed by atoms with E-state index in [1.54, 1.807) is 9.99 Å². The van der Waals surface area contributed by atoms with Crippen molar-refractivity contribution in [3.63, 3.8) is 0 Å². The molecule has 1 heterocycles. The second-order valence-electron chi connectivity index (χ2n) is 3.51. The fourth-order valence-corrected chi connectivity index (χ4v) is 6.44. The maximum atomic E-state index is 2.30. The van der Waals surface area contributed by atoms with E-state index in [0.717, 1.165) is 0 Å². The highest BCUT2D eigenvalue weighted by Crippen LogP contribution is 2.20. The van der Waals surface area contributed by atoms with E-state index in [1.165, 1.54) is 10.8 Å². The van der Waals surface area contributed by atoms with Crippen molar-refractivity contribution in [3.05, 3.63) is 48.5 Å². The van der Waals surface area contributed by atoms with Gasteiger partial charge in [0.25, 0.3) is 0 Å². The number of benzene rings is 2. The summed E-state index contributed by atoms with van der Waals surface area (Å²) >= 11 is 0. The van der Waals surface area contributed by atoms with Crippen molar-refractivity contribution in [2.75, 3.05) is 0 Å². The molecule has 2 aromatic carbocycles. The smallest absolute Gasteiger partial charge is 0.0110 e. The third-order valence-electron chi connectivity index (χ3n) is 2.65. The first-order valence-corrected chi connectivity index (χ1v) is 8.64. The van der Waals surface area contributed by atoms with Crippen LogP contribution in [0.15, 0.2) is 48.5 Å². The highest BCUT2D eigenvalue weighted by Gasteiger charge is 1.97. The van der Waals surface area contributed by atoms with E-state index in [4.69, 9.17) is 0 Å². The van der Waals surface area contributed by atoms with E-state index in [2.05, 4.69) is 48.5 Å². The average molecular weight is 210 g/mol. The van der Waals surface area contributed by atoms with Crippen LogP contribution in [0.2, 0.25) is 0 Å². The normalized spacial score (nSPS) is 10.9. The molecule has 0 bridgehead atoms. The molecule has 0 unspecified atom stereocenters. The monoisotopic (exact) mass is 210 g/mol. The molecule has 0 saturated carbocycles. The molecule has 66 valence electrons. The zero-order valence-electron chi connectivity index (χ0n) is 7.77. The van der Waals surface area contributed by atoms with Gasteiger partial charge in [0.1, 0.15) is 0 Å². The van der Waals surface area contributed by atoms with Gasteiger partial charge in [-0.2, -0.15) is 0 Å². The Morgan fingerprint density at radius 2 is 1.00 bits per heavy atom. The number of rotatable bonds is 0. The lowest BCUT2D eigenvalue weighted by molar-refractivity contribution is 1.83. The van der Waals surface area contributed by atoms with E-state index in [-0.39, 0.29) is 0 Å². The van der Waals surface area contributed by atoms with Gasteiger partial charge >= 0.3 is 0 Å². The molecule has 3 aromatic rings. The van der Waals surface area contributed by atoms with Crippen molar-refractivity contribution in [2.45, 2.75) is 0 Å². The first-order chi connectivity index (χ1) is 6.95. The van der Waals surface area contributed by atoms with Crippen LogP contribution < -0.4 is 0 Å². The van der Waals surface area contributed by atoms with Gasteiger partial charge in [0.15, 0.2) is 0 Å². The molecule has 0 aliphatic heterocycles. The van der Waals surface area contributed by atoms with Crippen molar-refractivity contribution in [1.29, 1.82) is 0 Å². The van der Waals surface area contributed by atoms with Gasteiger partial charge in [-0.05, 0) is 20.8 Å². The zero-order chi connectivity index (χ0) is 9.38. The summed E-state index contributed by atoms with van der Waals surface area (Å²) in [5.74, 6) is 0. The Labute approximate surface area is 86.9 Å². The minimum absolute atomic E-state index is 0.527. The number of hydrogen-bond donors (Lipinski definition) is 0. The summed E-state index contributed by atoms with van der Waals surface area (Å²) in [6.07, 6.45) is 0. The molecule has 0 radical (unpaired) electrons. The largest absolute Gasteiger partial charge is 0.0621 e. The highest BCUT2D eigenvalue weighted by molar-refractivity contribution is 6.92. The summed E-state index contributed by atoms with van der Waals surface area (Å²) in [7, 11) is 1.05. The Morgan fingerprint density at radius 1 is 0.571 bits per heavy atom. The van der Waals surface area contributed by atoms with E-state index >= 15 is 0 Å². The highest BCUT2D eigenvalue weighted by atomic mass is 28.9. The van der Waals surface area contributed by atoms with Gasteiger partial charge in [-0.3, -0.25) is 0 Å². The fraction of sp³-hybridized carbons (Fsp3) is 0. The SMILES string of the molecule is c1ccc2c(c1)[siH][siH]c1ccccc12. The molecule has 0 aliphatic carbocycles. The van der Waals surface area contributed by atoms with Crippen LogP contribution in [0.25, 0.3) is 20.8 Å². The third kappa shape index (κ3) is 1.19. The maximum Gasteiger partial charge on any atom is 0.0110 e. The number of fused-ring (bicyclic) bond motifs is 3. The minimum Gasteiger partial charge on any atom is -0.0621 e. The second kappa shape index (κ2) is 3.22. The van der Waals surface area contributed by atoms with Crippen LogP contribution >= 0.6 is 0 Å². The van der Waals surface area contributed by atoms with Gasteiger partial charge in [-0.15, -0.1) is 0 Å². The van der Waals surface area contributed by atoms with Gasteiger partial charge in [-0.1, -0.05) is 48.5 Å². The topological polar surface area (TPSA) is 0 Å². The number of hydrogen-bond acceptors (Lipinski definition) is 0. The van der Waals surface area contributed by atoms with Crippen molar-refractivity contribution < 1.29 is 0 Å². The van der Waals surface area contributed by atoms with Gasteiger partial charge in [0.05, 0.1) is 0 Å². The maximum absolute atomic E-state index is 2.30. The van der Waals surface area contributed by atoms with Crippen molar-refractivity contribution in [2.24, 2.45) is 0 Å². The molecule has 0 nitrogen and oxygen atoms in total. The lowest BCUT2D eigenvalue weighted by Gasteiger charge is -2.02. The predicted molar refractivity (Wildman–Crippen MR) is 66.9 cm³/mol. The zero-order valence-corrected chi connectivity index (χ0v) is 10.1. The van der Waals surface area contributed by atoms with Gasteiger partial charge in [0.2, 0.25) is 0 Å². The van der Waals surface area contributed by atoms with E-state index < -0.39 is 0 Å². The quantitative estimate of drug-likeness (QED) is 0.394. The van der Waals surface area contributed by atoms with E-state index in [1.807, 2.05) is 0 Å². The third-order valence-corrected chi connectivity index (χ3v) is 7.20. The summed E-state index contributed by atoms with van der Waals surface area (Å²) in [4.78, 5) is 3.22. The Bertz CT molecular complexity index is 547. The van der Waals surface area contributed by atoms with Crippen LogP contribution in [-0.4, -0.2) is 17.2 Å². The Kier molecular flexibility index (Phi) is 1.89. The molecule has 0 saturated heterocycles. The molecule has 0 atom stereocenters. The van der Waals surface area contributed by atoms with Crippen LogP contribution in [0.3, 0.4) is 0 Å². The first kappa shape index (κ1) is 8.20. The molecule has 0 fully saturated rings. The minimum atomic E-state index is 0.527. The van der Waals surface area contributed by atoms with E-state index in [0.29, 0.717) is 17.2 Å². The second-order valence-corrected chi connectivity index (χ2v) is 7.42. The molecule has 0 amide bonds. The van der Waals surface area contributed by atoms with Crippen LogP contribution in [-0.2, 0) is 0 Å².